The number of aromatic nitrogens is 1. The van der Waals surface area contributed by atoms with Gasteiger partial charge in [0.1, 0.15) is 0 Å². The summed E-state index contributed by atoms with van der Waals surface area (Å²) in [5.74, 6) is 0. The number of hydrogen-bond acceptors (Lipinski definition) is 1. The second kappa shape index (κ2) is 11.4. The molecule has 0 amide bonds. The Balaban J connectivity index is 1.09. The molecule has 1 aliphatic carbocycles. The van der Waals surface area contributed by atoms with Gasteiger partial charge in [0.25, 0.3) is 5.56 Å². The van der Waals surface area contributed by atoms with Crippen LogP contribution in [0.4, 0.5) is 0 Å². The fourth-order valence-corrected chi connectivity index (χ4v) is 10.4. The molecule has 0 bridgehead atoms. The number of pyridine rings is 1. The molecule has 0 spiro atoms. The minimum Gasteiger partial charge on any atom is -0.275 e. The number of nitrogens with zero attached hydrogens (tertiary/aromatic N) is 1. The number of rotatable bonds is 2. The maximum atomic E-state index is 14.4. The molecule has 0 atom stereocenters. The molecule has 0 saturated heterocycles. The van der Waals surface area contributed by atoms with E-state index in [0.717, 1.165) is 67.9 Å². The van der Waals surface area contributed by atoms with Crippen LogP contribution in [0.15, 0.2) is 175 Å². The van der Waals surface area contributed by atoms with Gasteiger partial charge >= 0.3 is 0 Å². The standard InChI is InChI=1S/C55H33NO/c57-55-47-20-10-9-19-44(47)51-30-35(34-22-25-46-41-16-4-2-12-37(41)39-14-6-8-18-43(39)49(46)28-34)31-52-50-29-33(23-26-53(50)56(55)54(51)52)32-21-24-45-40-15-3-1-11-36(40)38-13-5-7-17-42(38)48(45)27-32/h1-9,11-19,21-31H,10,20H2. The largest absolute Gasteiger partial charge is 0.275 e. The molecular weight excluding hydrogens is 691 g/mol. The Hall–Kier alpha value is -7.29. The fourth-order valence-electron chi connectivity index (χ4n) is 10.4. The van der Waals surface area contributed by atoms with Crippen molar-refractivity contribution < 1.29 is 0 Å². The molecule has 57 heavy (non-hydrogen) atoms. The summed E-state index contributed by atoms with van der Waals surface area (Å²) in [6.07, 6.45) is 6.04. The summed E-state index contributed by atoms with van der Waals surface area (Å²) >= 11 is 0. The lowest BCUT2D eigenvalue weighted by Gasteiger charge is -2.16. The molecular formula is C55H33NO. The van der Waals surface area contributed by atoms with Gasteiger partial charge in [0.15, 0.2) is 0 Å². The highest BCUT2D eigenvalue weighted by atomic mass is 16.1. The van der Waals surface area contributed by atoms with Crippen LogP contribution in [-0.4, -0.2) is 4.40 Å². The van der Waals surface area contributed by atoms with Crippen molar-refractivity contribution in [3.8, 4) is 22.3 Å². The first-order chi connectivity index (χ1) is 28.2. The van der Waals surface area contributed by atoms with Crippen LogP contribution in [0, 0.1) is 0 Å². The molecule has 1 aliphatic rings. The minimum atomic E-state index is 0.107. The van der Waals surface area contributed by atoms with E-state index in [1.807, 2.05) is 4.40 Å². The molecule has 2 nitrogen and oxygen atoms in total. The summed E-state index contributed by atoms with van der Waals surface area (Å²) in [5, 5.41) is 18.6. The van der Waals surface area contributed by atoms with Crippen molar-refractivity contribution >= 4 is 97.9 Å². The summed E-state index contributed by atoms with van der Waals surface area (Å²) in [6.45, 7) is 0. The molecule has 13 rings (SSSR count). The van der Waals surface area contributed by atoms with E-state index in [-0.39, 0.29) is 5.56 Å². The van der Waals surface area contributed by atoms with Crippen molar-refractivity contribution in [1.29, 1.82) is 0 Å². The lowest BCUT2D eigenvalue weighted by molar-refractivity contribution is 0.947. The first-order valence-corrected chi connectivity index (χ1v) is 19.9. The van der Waals surface area contributed by atoms with E-state index in [2.05, 4.69) is 176 Å². The predicted molar refractivity (Wildman–Crippen MR) is 243 cm³/mol. The number of benzene rings is 10. The molecule has 0 saturated carbocycles. The molecule has 0 radical (unpaired) electrons. The van der Waals surface area contributed by atoms with Gasteiger partial charge in [-0.3, -0.25) is 9.20 Å². The molecule has 2 heteroatoms. The van der Waals surface area contributed by atoms with E-state index in [1.165, 1.54) is 70.2 Å². The normalized spacial score (nSPS) is 13.1. The second-order valence-electron chi connectivity index (χ2n) is 15.8. The zero-order valence-corrected chi connectivity index (χ0v) is 31.0. The van der Waals surface area contributed by atoms with Crippen LogP contribution in [-0.2, 0) is 6.42 Å². The van der Waals surface area contributed by atoms with E-state index in [9.17, 15) is 4.79 Å². The highest BCUT2D eigenvalue weighted by Gasteiger charge is 2.23. The summed E-state index contributed by atoms with van der Waals surface area (Å²) in [7, 11) is 0. The molecule has 12 aromatic rings. The van der Waals surface area contributed by atoms with Crippen LogP contribution < -0.4 is 5.56 Å². The zero-order valence-electron chi connectivity index (χ0n) is 31.0. The minimum absolute atomic E-state index is 0.107. The Morgan fingerprint density at radius 3 is 1.30 bits per heavy atom. The SMILES string of the molecule is O=c1c2c(c3cc(-c4ccc5c6ccccc6c6ccccc6c5c4)cc4c5cc(-c6ccc7c8ccccc8c8ccccc8c7c6)ccc5n1c34)C=CCC2. The van der Waals surface area contributed by atoms with Gasteiger partial charge in [0.05, 0.1) is 11.0 Å². The van der Waals surface area contributed by atoms with Crippen LogP contribution in [0.5, 0.6) is 0 Å². The van der Waals surface area contributed by atoms with Crippen LogP contribution >= 0.6 is 0 Å². The third-order valence-corrected chi connectivity index (χ3v) is 12.9. The Morgan fingerprint density at radius 2 is 0.772 bits per heavy atom. The molecule has 2 aromatic heterocycles. The van der Waals surface area contributed by atoms with Gasteiger partial charge in [0, 0.05) is 21.7 Å². The van der Waals surface area contributed by atoms with Gasteiger partial charge < -0.3 is 0 Å². The van der Waals surface area contributed by atoms with Crippen LogP contribution in [0.25, 0.3) is 120 Å². The van der Waals surface area contributed by atoms with Crippen LogP contribution in [0.2, 0.25) is 0 Å². The molecule has 0 unspecified atom stereocenters. The first-order valence-electron chi connectivity index (χ1n) is 19.9. The Bertz CT molecular complexity index is 3760. The van der Waals surface area contributed by atoms with E-state index in [4.69, 9.17) is 0 Å². The average Bonchev–Trinajstić information content (AvgIpc) is 3.62. The smallest absolute Gasteiger partial charge is 0.259 e. The summed E-state index contributed by atoms with van der Waals surface area (Å²) in [5.41, 5.74) is 8.69. The van der Waals surface area contributed by atoms with Crippen LogP contribution in [0.1, 0.15) is 17.5 Å². The predicted octanol–water partition coefficient (Wildman–Crippen LogP) is 14.3. The first kappa shape index (κ1) is 31.0. The maximum absolute atomic E-state index is 14.4. The lowest BCUT2D eigenvalue weighted by Crippen LogP contribution is -2.20. The van der Waals surface area contributed by atoms with Gasteiger partial charge in [-0.05, 0) is 142 Å². The van der Waals surface area contributed by atoms with Crippen molar-refractivity contribution in [2.45, 2.75) is 12.8 Å². The van der Waals surface area contributed by atoms with E-state index in [1.54, 1.807) is 0 Å². The highest BCUT2D eigenvalue weighted by molar-refractivity contribution is 6.27. The van der Waals surface area contributed by atoms with Crippen molar-refractivity contribution in [2.24, 2.45) is 0 Å². The molecule has 264 valence electrons. The van der Waals surface area contributed by atoms with Crippen LogP contribution in [0.3, 0.4) is 0 Å². The third-order valence-electron chi connectivity index (χ3n) is 12.9. The van der Waals surface area contributed by atoms with E-state index < -0.39 is 0 Å². The number of allylic oxidation sites excluding steroid dienone is 1. The van der Waals surface area contributed by atoms with Crippen molar-refractivity contribution in [2.75, 3.05) is 0 Å². The molecule has 2 heterocycles. The molecule has 0 N–H and O–H groups in total. The highest BCUT2D eigenvalue weighted by Crippen LogP contribution is 2.43. The Morgan fingerprint density at radius 1 is 0.368 bits per heavy atom. The van der Waals surface area contributed by atoms with Gasteiger partial charge in [0.2, 0.25) is 0 Å². The summed E-state index contributed by atoms with van der Waals surface area (Å²) < 4.78 is 2.01. The molecule has 0 fully saturated rings. The monoisotopic (exact) mass is 723 g/mol. The van der Waals surface area contributed by atoms with Crippen molar-refractivity contribution in [3.63, 3.8) is 0 Å². The molecule has 0 aliphatic heterocycles. The summed E-state index contributed by atoms with van der Waals surface area (Å²) in [4.78, 5) is 14.4. The third kappa shape index (κ3) is 4.22. The lowest BCUT2D eigenvalue weighted by atomic mass is 9.90. The van der Waals surface area contributed by atoms with Gasteiger partial charge in [-0.15, -0.1) is 0 Å². The van der Waals surface area contributed by atoms with Crippen molar-refractivity contribution in [1.82, 2.24) is 4.40 Å². The molecule has 10 aromatic carbocycles. The average molecular weight is 724 g/mol. The Labute approximate surface area is 327 Å². The fraction of sp³-hybridized carbons (Fsp3) is 0.0364. The van der Waals surface area contributed by atoms with Gasteiger partial charge in [-0.25, -0.2) is 0 Å². The van der Waals surface area contributed by atoms with E-state index >= 15 is 0 Å². The summed E-state index contributed by atoms with van der Waals surface area (Å²) in [6, 6.07) is 60.3. The Kier molecular flexibility index (Phi) is 6.18. The number of fused-ring (bicyclic) bond motifs is 17. The second-order valence-corrected chi connectivity index (χ2v) is 15.8. The van der Waals surface area contributed by atoms with E-state index in [0.29, 0.717) is 0 Å². The topological polar surface area (TPSA) is 21.5 Å². The maximum Gasteiger partial charge on any atom is 0.259 e. The van der Waals surface area contributed by atoms with Gasteiger partial charge in [-0.2, -0.15) is 0 Å². The zero-order chi connectivity index (χ0) is 37.4. The van der Waals surface area contributed by atoms with Gasteiger partial charge in [-0.1, -0.05) is 140 Å². The quantitative estimate of drug-likeness (QED) is 0.163. The van der Waals surface area contributed by atoms with Crippen molar-refractivity contribution in [3.05, 3.63) is 191 Å². The number of hydrogen-bond donors (Lipinski definition) is 0.